The van der Waals surface area contributed by atoms with Crippen molar-refractivity contribution in [2.24, 2.45) is 0 Å². The van der Waals surface area contributed by atoms with Crippen molar-refractivity contribution in [1.29, 1.82) is 0 Å². The van der Waals surface area contributed by atoms with E-state index in [1.807, 2.05) is 0 Å². The number of amides is 2. The molecule has 102 valence electrons. The van der Waals surface area contributed by atoms with Crippen molar-refractivity contribution in [2.45, 2.75) is 6.10 Å². The molecule has 6 nitrogen and oxygen atoms in total. The maximum absolute atomic E-state index is 11.7. The fraction of sp³-hybridized carbons (Fsp3) is 0.333. The van der Waals surface area contributed by atoms with Gasteiger partial charge in [-0.15, -0.1) is 0 Å². The molecule has 2 rings (SSSR count). The van der Waals surface area contributed by atoms with Crippen LogP contribution < -0.4 is 10.2 Å². The molecule has 1 aromatic rings. The van der Waals surface area contributed by atoms with Gasteiger partial charge in [-0.3, -0.25) is 4.90 Å². The van der Waals surface area contributed by atoms with Crippen LogP contribution in [0.1, 0.15) is 0 Å². The van der Waals surface area contributed by atoms with Crippen molar-refractivity contribution in [3.05, 3.63) is 29.3 Å². The van der Waals surface area contributed by atoms with Gasteiger partial charge in [0.15, 0.2) is 6.10 Å². The minimum absolute atomic E-state index is 0.0233. The maximum Gasteiger partial charge on any atom is 0.414 e. The van der Waals surface area contributed by atoms with Crippen LogP contribution >= 0.6 is 11.6 Å². The molecule has 19 heavy (non-hydrogen) atoms. The highest BCUT2D eigenvalue weighted by molar-refractivity contribution is 6.30. The number of ether oxygens (including phenoxy) is 2. The molecule has 0 aliphatic carbocycles. The van der Waals surface area contributed by atoms with Crippen LogP contribution in [0.25, 0.3) is 0 Å². The van der Waals surface area contributed by atoms with E-state index >= 15 is 0 Å². The van der Waals surface area contributed by atoms with Crippen LogP contribution in [0.4, 0.5) is 15.3 Å². The molecule has 2 amide bonds. The summed E-state index contributed by atoms with van der Waals surface area (Å²) in [7, 11) is 1.46. The second-order valence-corrected chi connectivity index (χ2v) is 4.38. The number of alkyl carbamates (subject to hydrolysis) is 1. The Kier molecular flexibility index (Phi) is 4.11. The molecule has 1 unspecified atom stereocenters. The van der Waals surface area contributed by atoms with Crippen molar-refractivity contribution >= 4 is 29.5 Å². The first-order chi connectivity index (χ1) is 9.10. The van der Waals surface area contributed by atoms with Crippen LogP contribution in [0.2, 0.25) is 5.02 Å². The number of anilines is 1. The van der Waals surface area contributed by atoms with Crippen LogP contribution in [0.15, 0.2) is 24.3 Å². The number of hydrogen-bond acceptors (Lipinski definition) is 4. The lowest BCUT2D eigenvalue weighted by atomic mass is 10.3. The molecule has 0 aromatic heterocycles. The number of cyclic esters (lactones) is 1. The van der Waals surface area contributed by atoms with Gasteiger partial charge in [0.1, 0.15) is 6.61 Å². The second kappa shape index (κ2) is 5.79. The highest BCUT2D eigenvalue weighted by Gasteiger charge is 2.33. The van der Waals surface area contributed by atoms with E-state index in [4.69, 9.17) is 21.1 Å². The summed E-state index contributed by atoms with van der Waals surface area (Å²) in [6, 6.07) is 6.84. The number of nitrogens with zero attached hydrogens (tertiary/aromatic N) is 1. The summed E-state index contributed by atoms with van der Waals surface area (Å²) in [5.41, 5.74) is 0.692. The van der Waals surface area contributed by atoms with Crippen molar-refractivity contribution < 1.29 is 19.1 Å². The van der Waals surface area contributed by atoms with Gasteiger partial charge < -0.3 is 14.8 Å². The smallest absolute Gasteiger partial charge is 0.414 e. The maximum atomic E-state index is 11.7. The molecule has 0 saturated carbocycles. The first-order valence-corrected chi connectivity index (χ1v) is 6.06. The van der Waals surface area contributed by atoms with E-state index in [0.29, 0.717) is 17.3 Å². The van der Waals surface area contributed by atoms with Crippen LogP contribution in [-0.4, -0.2) is 38.5 Å². The second-order valence-electron chi connectivity index (χ2n) is 3.94. The van der Waals surface area contributed by atoms with E-state index in [1.165, 1.54) is 11.9 Å². The van der Waals surface area contributed by atoms with E-state index < -0.39 is 18.3 Å². The Labute approximate surface area is 115 Å². The normalized spacial score (nSPS) is 18.1. The summed E-state index contributed by atoms with van der Waals surface area (Å²) in [6.07, 6.45) is -1.49. The molecule has 1 aliphatic rings. The minimum atomic E-state index is -0.555. The van der Waals surface area contributed by atoms with Crippen molar-refractivity contribution in [2.75, 3.05) is 25.1 Å². The van der Waals surface area contributed by atoms with Crippen LogP contribution in [0, 0.1) is 0 Å². The quantitative estimate of drug-likeness (QED) is 0.922. The van der Waals surface area contributed by atoms with E-state index in [2.05, 4.69) is 5.32 Å². The third-order valence-corrected chi connectivity index (χ3v) is 2.87. The number of carbonyl (C=O) groups excluding carboxylic acids is 2. The lowest BCUT2D eigenvalue weighted by Crippen LogP contribution is -2.28. The molecular formula is C12H13ClN2O4. The summed E-state index contributed by atoms with van der Waals surface area (Å²) in [5, 5.41) is 2.91. The van der Waals surface area contributed by atoms with Crippen LogP contribution in [-0.2, 0) is 9.47 Å². The third-order valence-electron chi connectivity index (χ3n) is 2.62. The van der Waals surface area contributed by atoms with Gasteiger partial charge in [-0.25, -0.2) is 9.59 Å². The summed E-state index contributed by atoms with van der Waals surface area (Å²) in [6.45, 7) is 0.354. The molecule has 0 radical (unpaired) electrons. The number of halogens is 1. The van der Waals surface area contributed by atoms with Crippen LogP contribution in [0.3, 0.4) is 0 Å². The van der Waals surface area contributed by atoms with Gasteiger partial charge in [-0.2, -0.15) is 0 Å². The Morgan fingerprint density at radius 2 is 2.21 bits per heavy atom. The van der Waals surface area contributed by atoms with Gasteiger partial charge in [-0.1, -0.05) is 11.6 Å². The van der Waals surface area contributed by atoms with Crippen molar-refractivity contribution in [3.8, 4) is 0 Å². The topological polar surface area (TPSA) is 67.9 Å². The largest absolute Gasteiger partial charge is 0.446 e. The molecule has 1 heterocycles. The Morgan fingerprint density at radius 1 is 1.53 bits per heavy atom. The molecule has 7 heteroatoms. The van der Waals surface area contributed by atoms with Gasteiger partial charge in [0, 0.05) is 17.8 Å². The Morgan fingerprint density at radius 3 is 2.84 bits per heavy atom. The fourth-order valence-electron chi connectivity index (χ4n) is 1.68. The number of rotatable bonds is 3. The zero-order chi connectivity index (χ0) is 13.8. The zero-order valence-electron chi connectivity index (χ0n) is 10.3. The molecular weight excluding hydrogens is 272 g/mol. The van der Waals surface area contributed by atoms with E-state index in [-0.39, 0.29) is 6.61 Å². The highest BCUT2D eigenvalue weighted by atomic mass is 35.5. The van der Waals surface area contributed by atoms with Crippen molar-refractivity contribution in [3.63, 3.8) is 0 Å². The molecule has 1 N–H and O–H groups in total. The molecule has 1 saturated heterocycles. The molecule has 1 fully saturated rings. The minimum Gasteiger partial charge on any atom is -0.446 e. The van der Waals surface area contributed by atoms with E-state index in [0.717, 1.165) is 0 Å². The summed E-state index contributed by atoms with van der Waals surface area (Å²) >= 11 is 5.78. The molecule has 1 aromatic carbocycles. The lowest BCUT2D eigenvalue weighted by molar-refractivity contribution is 0.0745. The first-order valence-electron chi connectivity index (χ1n) is 5.68. The zero-order valence-corrected chi connectivity index (χ0v) is 11.0. The summed E-state index contributed by atoms with van der Waals surface area (Å²) in [5.74, 6) is 0. The average molecular weight is 285 g/mol. The summed E-state index contributed by atoms with van der Waals surface area (Å²) in [4.78, 5) is 24.1. The van der Waals surface area contributed by atoms with Gasteiger partial charge in [-0.05, 0) is 24.3 Å². The first kappa shape index (κ1) is 13.5. The van der Waals surface area contributed by atoms with Gasteiger partial charge in [0.2, 0.25) is 0 Å². The van der Waals surface area contributed by atoms with E-state index in [1.54, 1.807) is 24.3 Å². The molecule has 0 bridgehead atoms. The van der Waals surface area contributed by atoms with E-state index in [9.17, 15) is 9.59 Å². The Bertz CT molecular complexity index is 477. The number of carbonyl (C=O) groups is 2. The van der Waals surface area contributed by atoms with Gasteiger partial charge in [0.05, 0.1) is 6.54 Å². The predicted molar refractivity (Wildman–Crippen MR) is 69.5 cm³/mol. The SMILES string of the molecule is CNC(=O)OCC1CN(c2ccc(Cl)cc2)C(=O)O1. The number of benzene rings is 1. The monoisotopic (exact) mass is 284 g/mol. The van der Waals surface area contributed by atoms with Gasteiger partial charge in [0.25, 0.3) is 0 Å². The summed E-state index contributed by atoms with van der Waals surface area (Å²) < 4.78 is 9.95. The number of hydrogen-bond donors (Lipinski definition) is 1. The van der Waals surface area contributed by atoms with Gasteiger partial charge >= 0.3 is 12.2 Å². The Balaban J connectivity index is 1.96. The molecule has 1 aliphatic heterocycles. The predicted octanol–water partition coefficient (Wildman–Crippen LogP) is 2.02. The van der Waals surface area contributed by atoms with Crippen LogP contribution in [0.5, 0.6) is 0 Å². The molecule has 0 spiro atoms. The lowest BCUT2D eigenvalue weighted by Gasteiger charge is -2.12. The fourth-order valence-corrected chi connectivity index (χ4v) is 1.81. The standard InChI is InChI=1S/C12H13ClN2O4/c1-14-11(16)18-7-10-6-15(12(17)19-10)9-4-2-8(13)3-5-9/h2-5,10H,6-7H2,1H3,(H,14,16). The Hall–Kier alpha value is -1.95. The van der Waals surface area contributed by atoms with Crippen molar-refractivity contribution in [1.82, 2.24) is 5.32 Å². The average Bonchev–Trinajstić information content (AvgIpc) is 2.78. The molecule has 1 atom stereocenters. The highest BCUT2D eigenvalue weighted by Crippen LogP contribution is 2.23. The third kappa shape index (κ3) is 3.29. The number of nitrogens with one attached hydrogen (secondary N) is 1.